The van der Waals surface area contributed by atoms with Gasteiger partial charge < -0.3 is 19.5 Å². The number of carbonyl (C=O) groups excluding carboxylic acids is 1. The van der Waals surface area contributed by atoms with Gasteiger partial charge in [0.25, 0.3) is 0 Å². The van der Waals surface area contributed by atoms with Gasteiger partial charge in [-0.25, -0.2) is 9.18 Å². The minimum Gasteiger partial charge on any atom is -0.497 e. The van der Waals surface area contributed by atoms with Gasteiger partial charge in [-0.1, -0.05) is 25.4 Å². The number of benzene rings is 2. The topological polar surface area (TPSA) is 60.0 Å². The van der Waals surface area contributed by atoms with Crippen LogP contribution < -0.4 is 14.8 Å². The zero-order valence-electron chi connectivity index (χ0n) is 19.7. The summed E-state index contributed by atoms with van der Waals surface area (Å²) in [4.78, 5) is 15.3. The Labute approximate surface area is 204 Å². The smallest absolute Gasteiger partial charge is 0.407 e. The fraction of sp³-hybridized carbons (Fsp3) is 0.500. The first-order chi connectivity index (χ1) is 16.2. The number of ether oxygens (including phenoxy) is 3. The molecule has 182 valence electrons. The van der Waals surface area contributed by atoms with Gasteiger partial charge in [-0.15, -0.1) is 0 Å². The molecule has 0 saturated carbocycles. The number of hydrogen-bond donors (Lipinski definition) is 1. The molecule has 0 aromatic heterocycles. The molecule has 1 N–H and O–H groups in total. The Morgan fingerprint density at radius 3 is 2.65 bits per heavy atom. The van der Waals surface area contributed by atoms with E-state index in [2.05, 4.69) is 10.2 Å². The number of nitrogens with one attached hydrogen (secondary N) is 1. The number of halogens is 2. The maximum absolute atomic E-state index is 15.4. The minimum absolute atomic E-state index is 0.0979. The average Bonchev–Trinajstić information content (AvgIpc) is 2.82. The molecule has 0 aliphatic carbocycles. The average molecular weight is 489 g/mol. The number of nitrogens with zero attached hydrogens (tertiary/aromatic N) is 1. The lowest BCUT2D eigenvalue weighted by molar-refractivity contribution is -0.0361. The normalized spacial score (nSPS) is 26.9. The molecule has 2 atom stereocenters. The molecule has 3 saturated heterocycles. The predicted octanol–water partition coefficient (Wildman–Crippen LogP) is 5.43. The van der Waals surface area contributed by atoms with Crippen molar-refractivity contribution in [1.82, 2.24) is 10.2 Å². The molecule has 1 unspecified atom stereocenters. The molecule has 2 aromatic rings. The standard InChI is InChI=1S/C26H30ClFN2O4/c1-26(2)14-33-22-12-18(17-10-16(32-3)4-5-20(17)27)21(28)11-19(22)24(26)29-25(31)34-23-13-30-8-6-15(23)7-9-30/h4-5,10-12,15,23-24H,6-9,13-14H2,1-3H3,(H,29,31)/t23-,24?/m1/s1. The number of fused-ring (bicyclic) bond motifs is 4. The summed E-state index contributed by atoms with van der Waals surface area (Å²) in [6, 6.07) is 7.71. The molecular weight excluding hydrogens is 459 g/mol. The monoisotopic (exact) mass is 488 g/mol. The van der Waals surface area contributed by atoms with Crippen LogP contribution in [0.3, 0.4) is 0 Å². The second kappa shape index (κ2) is 8.93. The third kappa shape index (κ3) is 4.31. The van der Waals surface area contributed by atoms with E-state index >= 15 is 4.39 Å². The zero-order valence-corrected chi connectivity index (χ0v) is 20.5. The molecular formula is C26H30ClFN2O4. The first-order valence-electron chi connectivity index (χ1n) is 11.7. The van der Waals surface area contributed by atoms with Crippen LogP contribution in [-0.2, 0) is 4.74 Å². The van der Waals surface area contributed by atoms with Crippen molar-refractivity contribution in [3.05, 3.63) is 46.7 Å². The Kier molecular flexibility index (Phi) is 6.10. The molecule has 0 radical (unpaired) electrons. The molecule has 0 spiro atoms. The Morgan fingerprint density at radius 2 is 1.97 bits per heavy atom. The zero-order chi connectivity index (χ0) is 24.0. The van der Waals surface area contributed by atoms with E-state index in [1.807, 2.05) is 13.8 Å². The third-order valence-corrected chi connectivity index (χ3v) is 7.70. The summed E-state index contributed by atoms with van der Waals surface area (Å²) in [5.41, 5.74) is 0.960. The van der Waals surface area contributed by atoms with Crippen LogP contribution >= 0.6 is 11.6 Å². The molecule has 8 heteroatoms. The lowest BCUT2D eigenvalue weighted by Crippen LogP contribution is -2.53. The summed E-state index contributed by atoms with van der Waals surface area (Å²) in [6.07, 6.45) is 1.55. The highest BCUT2D eigenvalue weighted by molar-refractivity contribution is 6.33. The number of carbonyl (C=O) groups is 1. The van der Waals surface area contributed by atoms with Crippen LogP contribution in [0.1, 0.15) is 38.3 Å². The van der Waals surface area contributed by atoms with Gasteiger partial charge in [0, 0.05) is 33.7 Å². The maximum Gasteiger partial charge on any atom is 0.407 e. The fourth-order valence-electron chi connectivity index (χ4n) is 5.34. The van der Waals surface area contributed by atoms with E-state index in [0.717, 1.165) is 32.5 Å². The van der Waals surface area contributed by atoms with Crippen molar-refractivity contribution in [3.63, 3.8) is 0 Å². The quantitative estimate of drug-likeness (QED) is 0.621. The summed E-state index contributed by atoms with van der Waals surface area (Å²) in [6.45, 7) is 7.27. The van der Waals surface area contributed by atoms with Crippen molar-refractivity contribution >= 4 is 17.7 Å². The Bertz CT molecular complexity index is 1100. The molecule has 2 aromatic carbocycles. The van der Waals surface area contributed by atoms with Crippen LogP contribution in [-0.4, -0.2) is 50.4 Å². The lowest BCUT2D eigenvalue weighted by Gasteiger charge is -2.44. The number of rotatable bonds is 4. The van der Waals surface area contributed by atoms with E-state index in [9.17, 15) is 4.79 Å². The Hall–Kier alpha value is -2.51. The van der Waals surface area contributed by atoms with Crippen molar-refractivity contribution < 1.29 is 23.4 Å². The first-order valence-corrected chi connectivity index (χ1v) is 12.1. The van der Waals surface area contributed by atoms with E-state index < -0.39 is 23.4 Å². The van der Waals surface area contributed by atoms with E-state index in [1.54, 1.807) is 31.4 Å². The van der Waals surface area contributed by atoms with Crippen molar-refractivity contribution in [2.45, 2.75) is 38.8 Å². The second-order valence-electron chi connectivity index (χ2n) is 10.2. The van der Waals surface area contributed by atoms with Crippen molar-refractivity contribution in [1.29, 1.82) is 0 Å². The van der Waals surface area contributed by atoms with Gasteiger partial charge >= 0.3 is 6.09 Å². The molecule has 3 fully saturated rings. The summed E-state index contributed by atoms with van der Waals surface area (Å²) < 4.78 is 32.5. The van der Waals surface area contributed by atoms with E-state index in [4.69, 9.17) is 25.8 Å². The molecule has 6 rings (SSSR count). The van der Waals surface area contributed by atoms with Gasteiger partial charge in [0.05, 0.1) is 19.8 Å². The van der Waals surface area contributed by atoms with Gasteiger partial charge in [-0.3, -0.25) is 4.90 Å². The minimum atomic E-state index is -0.468. The highest BCUT2D eigenvalue weighted by Gasteiger charge is 2.41. The molecule has 4 aliphatic heterocycles. The van der Waals surface area contributed by atoms with Gasteiger partial charge in [0.15, 0.2) is 0 Å². The summed E-state index contributed by atoms with van der Waals surface area (Å²) in [5, 5.41) is 3.42. The van der Waals surface area contributed by atoms with Crippen LogP contribution in [0.5, 0.6) is 11.5 Å². The second-order valence-corrected chi connectivity index (χ2v) is 10.6. The van der Waals surface area contributed by atoms with Crippen LogP contribution in [0, 0.1) is 17.2 Å². The molecule has 1 amide bonds. The van der Waals surface area contributed by atoms with Crippen LogP contribution in [0.4, 0.5) is 9.18 Å². The number of hydrogen-bond acceptors (Lipinski definition) is 5. The van der Waals surface area contributed by atoms with Crippen LogP contribution in [0.15, 0.2) is 30.3 Å². The molecule has 4 aliphatic rings. The summed E-state index contributed by atoms with van der Waals surface area (Å²) in [7, 11) is 1.55. The fourth-order valence-corrected chi connectivity index (χ4v) is 5.56. The van der Waals surface area contributed by atoms with Gasteiger partial charge in [0.1, 0.15) is 23.4 Å². The van der Waals surface area contributed by atoms with E-state index in [1.165, 1.54) is 6.07 Å². The van der Waals surface area contributed by atoms with E-state index in [-0.39, 0.29) is 6.10 Å². The number of methoxy groups -OCH3 is 1. The first kappa shape index (κ1) is 23.2. The van der Waals surface area contributed by atoms with Crippen molar-refractivity contribution in [2.75, 3.05) is 33.4 Å². The van der Waals surface area contributed by atoms with Gasteiger partial charge in [0.2, 0.25) is 0 Å². The molecule has 34 heavy (non-hydrogen) atoms. The third-order valence-electron chi connectivity index (χ3n) is 7.37. The number of piperidine rings is 3. The number of alkyl carbamates (subject to hydrolysis) is 1. The summed E-state index contributed by atoms with van der Waals surface area (Å²) in [5.74, 6) is 1.06. The Morgan fingerprint density at radius 1 is 1.21 bits per heavy atom. The highest BCUT2D eigenvalue weighted by atomic mass is 35.5. The van der Waals surface area contributed by atoms with Crippen molar-refractivity contribution in [3.8, 4) is 22.6 Å². The van der Waals surface area contributed by atoms with Gasteiger partial charge in [-0.2, -0.15) is 0 Å². The lowest BCUT2D eigenvalue weighted by atomic mass is 9.78. The van der Waals surface area contributed by atoms with Gasteiger partial charge in [-0.05, 0) is 62.2 Å². The molecule has 2 bridgehead atoms. The van der Waals surface area contributed by atoms with Crippen LogP contribution in [0.25, 0.3) is 11.1 Å². The van der Waals surface area contributed by atoms with Crippen LogP contribution in [0.2, 0.25) is 5.02 Å². The molecule has 6 nitrogen and oxygen atoms in total. The molecule has 4 heterocycles. The summed E-state index contributed by atoms with van der Waals surface area (Å²) >= 11 is 6.37. The predicted molar refractivity (Wildman–Crippen MR) is 128 cm³/mol. The maximum atomic E-state index is 15.4. The SMILES string of the molecule is COc1ccc(Cl)c(-c2cc3c(cc2F)C(NC(=O)O[C@@H]2CN4CCC2CC4)C(C)(C)CO3)c1. The number of amides is 1. The van der Waals surface area contributed by atoms with Crippen molar-refractivity contribution in [2.24, 2.45) is 11.3 Å². The largest absolute Gasteiger partial charge is 0.497 e. The van der Waals surface area contributed by atoms with E-state index in [0.29, 0.717) is 45.7 Å². The Balaban J connectivity index is 1.41. The highest BCUT2D eigenvalue weighted by Crippen LogP contribution is 2.46.